The van der Waals surface area contributed by atoms with Gasteiger partial charge in [0, 0.05) is 5.69 Å². The monoisotopic (exact) mass is 477 g/mol. The third-order valence-corrected chi connectivity index (χ3v) is 6.40. The van der Waals surface area contributed by atoms with Crippen LogP contribution in [-0.4, -0.2) is 38.1 Å². The van der Waals surface area contributed by atoms with E-state index < -0.39 is 61.6 Å². The van der Waals surface area contributed by atoms with Crippen LogP contribution >= 0.6 is 0 Å². The molecule has 0 unspecified atom stereocenters. The molecular weight excluding hydrogens is 464 g/mol. The summed E-state index contributed by atoms with van der Waals surface area (Å²) in [6.07, 6.45) is -10.1. The summed E-state index contributed by atoms with van der Waals surface area (Å²) in [5, 5.41) is -1.03. The molecule has 4 rings (SSSR count). The van der Waals surface area contributed by atoms with Crippen molar-refractivity contribution in [3.05, 3.63) is 41.7 Å². The van der Waals surface area contributed by atoms with Crippen LogP contribution in [0.4, 0.5) is 26.3 Å². The average Bonchev–Trinajstić information content (AvgIpc) is 3.24. The quantitative estimate of drug-likeness (QED) is 0.410. The van der Waals surface area contributed by atoms with Gasteiger partial charge in [0.15, 0.2) is 26.3 Å². The highest BCUT2D eigenvalue weighted by atomic mass is 32.2. The van der Waals surface area contributed by atoms with Crippen molar-refractivity contribution in [3.8, 4) is 11.5 Å². The minimum atomic E-state index is -5.11. The van der Waals surface area contributed by atoms with E-state index in [1.54, 1.807) is 0 Å². The maximum Gasteiger partial charge on any atom is 0.491 e. The van der Waals surface area contributed by atoms with Crippen LogP contribution in [0.15, 0.2) is 35.4 Å². The van der Waals surface area contributed by atoms with Crippen molar-refractivity contribution in [1.82, 2.24) is 23.9 Å². The Morgan fingerprint density at radius 2 is 1.66 bits per heavy atom. The highest BCUT2D eigenvalue weighted by Gasteiger charge is 2.41. The van der Waals surface area contributed by atoms with Gasteiger partial charge in [-0.2, -0.15) is 13.2 Å². The lowest BCUT2D eigenvalue weighted by Gasteiger charge is -2.13. The molecule has 4 aromatic heterocycles. The number of aromatic nitrogens is 5. The molecular formula is C18H13F6N5O2S. The number of pyridine rings is 2. The van der Waals surface area contributed by atoms with Crippen LogP contribution in [0, 0.1) is 6.92 Å². The molecule has 0 saturated heterocycles. The van der Waals surface area contributed by atoms with Crippen LogP contribution in [0.2, 0.25) is 0 Å². The van der Waals surface area contributed by atoms with E-state index in [1.165, 1.54) is 19.1 Å². The molecule has 0 aliphatic rings. The molecule has 0 saturated carbocycles. The summed E-state index contributed by atoms with van der Waals surface area (Å²) in [6.45, 7) is 2.60. The Kier molecular flexibility index (Phi) is 4.77. The number of fused-ring (bicyclic) bond motifs is 2. The van der Waals surface area contributed by atoms with Crippen LogP contribution in [0.1, 0.15) is 18.3 Å². The first-order valence-electron chi connectivity index (χ1n) is 9.01. The molecule has 0 aliphatic heterocycles. The molecule has 0 radical (unpaired) electrons. The van der Waals surface area contributed by atoms with Crippen molar-refractivity contribution < 1.29 is 34.8 Å². The van der Waals surface area contributed by atoms with Gasteiger partial charge in [-0.3, -0.25) is 4.40 Å². The van der Waals surface area contributed by atoms with Gasteiger partial charge in [-0.25, -0.2) is 27.9 Å². The number of hydrogen-bond acceptors (Lipinski definition) is 5. The second kappa shape index (κ2) is 6.92. The number of alkyl halides is 6. The minimum absolute atomic E-state index is 0.226. The molecule has 0 amide bonds. The lowest BCUT2D eigenvalue weighted by Crippen LogP contribution is -2.20. The lowest BCUT2D eigenvalue weighted by atomic mass is 10.3. The summed E-state index contributed by atoms with van der Waals surface area (Å²) in [6, 6.07) is 5.30. The standard InChI is InChI=1S/C18H13F6N5O2S/c1-3-32(30,31)16-13(27-12-6-4-5-11(28(12)16)17(19,20)21)15-26-10-8-7-9(2)25-14(10)29(15)18(22,23)24/h4-8H,3H2,1-2H3. The van der Waals surface area contributed by atoms with E-state index in [0.717, 1.165) is 19.1 Å². The molecule has 14 heteroatoms. The Morgan fingerprint density at radius 1 is 0.969 bits per heavy atom. The predicted molar refractivity (Wildman–Crippen MR) is 100 cm³/mol. The Bertz CT molecular complexity index is 1470. The van der Waals surface area contributed by atoms with Crippen molar-refractivity contribution >= 4 is 26.6 Å². The van der Waals surface area contributed by atoms with Gasteiger partial charge in [-0.15, -0.1) is 13.2 Å². The first-order chi connectivity index (χ1) is 14.8. The molecule has 4 aromatic rings. The summed E-state index contributed by atoms with van der Waals surface area (Å²) in [5.41, 5.74) is -3.37. The third kappa shape index (κ3) is 3.38. The zero-order valence-electron chi connectivity index (χ0n) is 16.3. The van der Waals surface area contributed by atoms with Crippen LogP contribution in [0.25, 0.3) is 28.3 Å². The van der Waals surface area contributed by atoms with Crippen molar-refractivity contribution in [3.63, 3.8) is 0 Å². The fourth-order valence-electron chi connectivity index (χ4n) is 3.31. The summed E-state index contributed by atoms with van der Waals surface area (Å²) >= 11 is 0. The zero-order chi connectivity index (χ0) is 23.6. The summed E-state index contributed by atoms with van der Waals surface area (Å²) < 4.78 is 108. The van der Waals surface area contributed by atoms with E-state index >= 15 is 0 Å². The average molecular weight is 477 g/mol. The molecule has 4 heterocycles. The minimum Gasteiger partial charge on any atom is -0.278 e. The number of nitrogens with zero attached hydrogens (tertiary/aromatic N) is 5. The second-order valence-corrected chi connectivity index (χ2v) is 9.00. The highest BCUT2D eigenvalue weighted by molar-refractivity contribution is 7.91. The van der Waals surface area contributed by atoms with Gasteiger partial charge in [0.1, 0.15) is 22.6 Å². The summed E-state index contributed by atoms with van der Waals surface area (Å²) in [7, 11) is -4.49. The number of halogens is 6. The van der Waals surface area contributed by atoms with E-state index in [9.17, 15) is 34.8 Å². The molecule has 0 N–H and O–H groups in total. The van der Waals surface area contributed by atoms with Crippen LogP contribution in [0.3, 0.4) is 0 Å². The van der Waals surface area contributed by atoms with Crippen LogP contribution in [0.5, 0.6) is 0 Å². The van der Waals surface area contributed by atoms with Gasteiger partial charge in [-0.05, 0) is 31.2 Å². The van der Waals surface area contributed by atoms with Gasteiger partial charge < -0.3 is 0 Å². The summed E-state index contributed by atoms with van der Waals surface area (Å²) in [5.74, 6) is -1.65. The maximum absolute atomic E-state index is 14.0. The Balaban J connectivity index is 2.23. The normalized spacial score (nSPS) is 13.4. The number of rotatable bonds is 3. The van der Waals surface area contributed by atoms with Crippen molar-refractivity contribution in [2.75, 3.05) is 5.75 Å². The molecule has 0 atom stereocenters. The third-order valence-electron chi connectivity index (χ3n) is 4.68. The topological polar surface area (TPSA) is 82.1 Å². The van der Waals surface area contributed by atoms with E-state index in [1.807, 2.05) is 0 Å². The van der Waals surface area contributed by atoms with Crippen molar-refractivity contribution in [1.29, 1.82) is 0 Å². The number of imidazole rings is 2. The zero-order valence-corrected chi connectivity index (χ0v) is 17.1. The highest BCUT2D eigenvalue weighted by Crippen LogP contribution is 2.39. The second-order valence-electron chi connectivity index (χ2n) is 6.81. The van der Waals surface area contributed by atoms with Crippen molar-refractivity contribution in [2.45, 2.75) is 31.3 Å². The smallest absolute Gasteiger partial charge is 0.278 e. The lowest BCUT2D eigenvalue weighted by molar-refractivity contribution is -0.200. The van der Waals surface area contributed by atoms with Gasteiger partial charge in [0.25, 0.3) is 0 Å². The van der Waals surface area contributed by atoms with E-state index in [2.05, 4.69) is 15.0 Å². The van der Waals surface area contributed by atoms with E-state index in [-0.39, 0.29) is 15.8 Å². The Labute approximate surface area is 176 Å². The fourth-order valence-corrected chi connectivity index (χ4v) is 4.48. The van der Waals surface area contributed by atoms with E-state index in [4.69, 9.17) is 0 Å². The first-order valence-corrected chi connectivity index (χ1v) is 10.7. The first kappa shape index (κ1) is 22.0. The number of aryl methyl sites for hydroxylation is 1. The molecule has 0 aliphatic carbocycles. The molecule has 170 valence electrons. The summed E-state index contributed by atoms with van der Waals surface area (Å²) in [4.78, 5) is 11.5. The van der Waals surface area contributed by atoms with Gasteiger partial charge in [0.2, 0.25) is 0 Å². The van der Waals surface area contributed by atoms with Crippen molar-refractivity contribution in [2.24, 2.45) is 0 Å². The van der Waals surface area contributed by atoms with Crippen LogP contribution in [-0.2, 0) is 22.3 Å². The largest absolute Gasteiger partial charge is 0.491 e. The number of sulfone groups is 1. The Hall–Kier alpha value is -3.16. The Morgan fingerprint density at radius 3 is 2.25 bits per heavy atom. The predicted octanol–water partition coefficient (Wildman–Crippen LogP) is 4.34. The maximum atomic E-state index is 14.0. The van der Waals surface area contributed by atoms with E-state index in [0.29, 0.717) is 10.5 Å². The molecule has 0 fully saturated rings. The van der Waals surface area contributed by atoms with Crippen LogP contribution < -0.4 is 0 Å². The molecule has 7 nitrogen and oxygen atoms in total. The molecule has 0 aromatic carbocycles. The molecule has 0 spiro atoms. The SMILES string of the molecule is CCS(=O)(=O)c1c(-c2nc3ccc(C)nc3n2C(F)(F)F)nc2cccc(C(F)(F)F)n12. The number of hydrogen-bond donors (Lipinski definition) is 0. The van der Waals surface area contributed by atoms with Gasteiger partial charge >= 0.3 is 12.5 Å². The molecule has 32 heavy (non-hydrogen) atoms. The van der Waals surface area contributed by atoms with Gasteiger partial charge in [-0.1, -0.05) is 13.0 Å². The fraction of sp³-hybridized carbons (Fsp3) is 0.278. The molecule has 0 bridgehead atoms. The van der Waals surface area contributed by atoms with Gasteiger partial charge in [0.05, 0.1) is 5.75 Å².